The van der Waals surface area contributed by atoms with Crippen molar-refractivity contribution < 1.29 is 9.53 Å². The molecule has 0 fully saturated rings. The number of thioether (sulfide) groups is 2. The lowest BCUT2D eigenvalue weighted by atomic mass is 10.1. The lowest BCUT2D eigenvalue weighted by Gasteiger charge is -2.26. The zero-order valence-corrected chi connectivity index (χ0v) is 15.2. The van der Waals surface area contributed by atoms with E-state index < -0.39 is 0 Å². The minimum Gasteiger partial charge on any atom is -0.450 e. The normalized spacial score (nSPS) is 14.2. The molecule has 22 heavy (non-hydrogen) atoms. The second kappa shape index (κ2) is 6.64. The van der Waals surface area contributed by atoms with Crippen LogP contribution in [0.2, 0.25) is 0 Å². The topological polar surface area (TPSA) is 55.3 Å². The van der Waals surface area contributed by atoms with Gasteiger partial charge in [0.15, 0.2) is 5.16 Å². The minimum atomic E-state index is -0.230. The first-order valence-electron chi connectivity index (χ1n) is 6.99. The summed E-state index contributed by atoms with van der Waals surface area (Å²) in [4.78, 5) is 25.2. The van der Waals surface area contributed by atoms with Crippen LogP contribution in [0.25, 0.3) is 10.2 Å². The van der Waals surface area contributed by atoms with Gasteiger partial charge in [0.2, 0.25) is 0 Å². The molecule has 3 heterocycles. The third kappa shape index (κ3) is 2.79. The predicted molar refractivity (Wildman–Crippen MR) is 92.1 cm³/mol. The van der Waals surface area contributed by atoms with Crippen molar-refractivity contribution in [1.29, 1.82) is 0 Å². The molecule has 2 aromatic heterocycles. The van der Waals surface area contributed by atoms with Gasteiger partial charge in [0.25, 0.3) is 0 Å². The number of ether oxygens (including phenoxy) is 1. The van der Waals surface area contributed by atoms with Gasteiger partial charge in [-0.15, -0.1) is 23.1 Å². The van der Waals surface area contributed by atoms with Crippen molar-refractivity contribution in [3.63, 3.8) is 0 Å². The Bertz CT molecular complexity index is 717. The molecule has 1 amide bonds. The number of thiophene rings is 1. The van der Waals surface area contributed by atoms with E-state index in [0.717, 1.165) is 21.4 Å². The monoisotopic (exact) mass is 355 g/mol. The van der Waals surface area contributed by atoms with E-state index >= 15 is 0 Å². The summed E-state index contributed by atoms with van der Waals surface area (Å²) in [6, 6.07) is 0. The molecule has 0 radical (unpaired) electrons. The van der Waals surface area contributed by atoms with Crippen molar-refractivity contribution in [3.05, 3.63) is 10.4 Å². The summed E-state index contributed by atoms with van der Waals surface area (Å²) in [5.41, 5.74) is 1.30. The van der Waals surface area contributed by atoms with E-state index in [2.05, 4.69) is 9.97 Å². The van der Waals surface area contributed by atoms with Gasteiger partial charge in [-0.2, -0.15) is 0 Å². The van der Waals surface area contributed by atoms with Crippen LogP contribution in [0.1, 0.15) is 17.4 Å². The Hall–Kier alpha value is -0.990. The zero-order valence-electron chi connectivity index (χ0n) is 12.7. The van der Waals surface area contributed by atoms with E-state index in [1.54, 1.807) is 39.8 Å². The Labute approximate surface area is 141 Å². The van der Waals surface area contributed by atoms with Crippen molar-refractivity contribution in [1.82, 2.24) is 14.9 Å². The Kier molecular flexibility index (Phi) is 4.79. The summed E-state index contributed by atoms with van der Waals surface area (Å²) in [6.45, 7) is 3.54. The van der Waals surface area contributed by atoms with E-state index in [4.69, 9.17) is 4.74 Å². The van der Waals surface area contributed by atoms with Gasteiger partial charge >= 0.3 is 6.09 Å². The molecule has 0 atom stereocenters. The number of fused-ring (bicyclic) bond motifs is 3. The lowest BCUT2D eigenvalue weighted by Crippen LogP contribution is -2.35. The van der Waals surface area contributed by atoms with Crippen molar-refractivity contribution in [2.75, 3.05) is 25.7 Å². The average molecular weight is 356 g/mol. The highest BCUT2D eigenvalue weighted by Gasteiger charge is 2.27. The van der Waals surface area contributed by atoms with Gasteiger partial charge in [-0.25, -0.2) is 14.8 Å². The van der Waals surface area contributed by atoms with Crippen LogP contribution in [0.5, 0.6) is 0 Å². The van der Waals surface area contributed by atoms with E-state index in [1.807, 2.05) is 19.4 Å². The largest absolute Gasteiger partial charge is 0.450 e. The molecule has 1 aliphatic heterocycles. The first-order chi connectivity index (χ1) is 10.7. The number of carbonyl (C=O) groups excluding carboxylic acids is 1. The molecule has 0 N–H and O–H groups in total. The Balaban J connectivity index is 2.01. The lowest BCUT2D eigenvalue weighted by molar-refractivity contribution is 0.103. The van der Waals surface area contributed by atoms with E-state index in [0.29, 0.717) is 19.7 Å². The quantitative estimate of drug-likeness (QED) is 0.476. The number of nitrogens with zero attached hydrogens (tertiary/aromatic N) is 3. The fourth-order valence-electron chi connectivity index (χ4n) is 2.55. The molecule has 0 unspecified atom stereocenters. The van der Waals surface area contributed by atoms with Crippen LogP contribution < -0.4 is 0 Å². The number of rotatable bonds is 3. The molecule has 3 rings (SSSR count). The summed E-state index contributed by atoms with van der Waals surface area (Å²) >= 11 is 4.89. The van der Waals surface area contributed by atoms with Gasteiger partial charge < -0.3 is 9.64 Å². The summed E-state index contributed by atoms with van der Waals surface area (Å²) in [6.07, 6.45) is 4.64. The zero-order chi connectivity index (χ0) is 15.7. The van der Waals surface area contributed by atoms with Crippen molar-refractivity contribution in [3.8, 4) is 0 Å². The van der Waals surface area contributed by atoms with E-state index in [1.165, 1.54) is 15.8 Å². The Morgan fingerprint density at radius 3 is 2.86 bits per heavy atom. The third-order valence-electron chi connectivity index (χ3n) is 3.55. The summed E-state index contributed by atoms with van der Waals surface area (Å²) in [5.74, 6) is 0. The van der Waals surface area contributed by atoms with Gasteiger partial charge in [-0.1, -0.05) is 11.8 Å². The standard InChI is InChI=1S/C14H17N3O2S3/c1-4-19-14(18)17-6-5-8-9(7-17)22-12-10(8)11(20-2)15-13(16-12)21-3/h4-7H2,1-3H3. The number of hydrogen-bond donors (Lipinski definition) is 0. The van der Waals surface area contributed by atoms with Crippen LogP contribution in [-0.4, -0.2) is 46.6 Å². The number of aromatic nitrogens is 2. The van der Waals surface area contributed by atoms with E-state index in [9.17, 15) is 4.79 Å². The van der Waals surface area contributed by atoms with Gasteiger partial charge in [-0.05, 0) is 31.4 Å². The van der Waals surface area contributed by atoms with Crippen LogP contribution >= 0.6 is 34.9 Å². The smallest absolute Gasteiger partial charge is 0.410 e. The van der Waals surface area contributed by atoms with Crippen LogP contribution in [0.3, 0.4) is 0 Å². The molecule has 118 valence electrons. The maximum absolute atomic E-state index is 11.9. The van der Waals surface area contributed by atoms with E-state index in [-0.39, 0.29) is 6.09 Å². The summed E-state index contributed by atoms with van der Waals surface area (Å²) in [5, 5.41) is 3.02. The Morgan fingerprint density at radius 1 is 1.36 bits per heavy atom. The molecule has 8 heteroatoms. The average Bonchev–Trinajstić information content (AvgIpc) is 2.91. The molecule has 0 bridgehead atoms. The number of amides is 1. The molecule has 0 spiro atoms. The predicted octanol–water partition coefficient (Wildman–Crippen LogP) is 3.65. The highest BCUT2D eigenvalue weighted by Crippen LogP contribution is 2.39. The highest BCUT2D eigenvalue weighted by molar-refractivity contribution is 7.99. The van der Waals surface area contributed by atoms with Crippen LogP contribution in [0.15, 0.2) is 10.2 Å². The molecule has 0 saturated heterocycles. The second-order valence-electron chi connectivity index (χ2n) is 4.77. The minimum absolute atomic E-state index is 0.230. The summed E-state index contributed by atoms with van der Waals surface area (Å²) in [7, 11) is 0. The molecule has 0 saturated carbocycles. The molecular formula is C14H17N3O2S3. The van der Waals surface area contributed by atoms with Gasteiger partial charge in [-0.3, -0.25) is 0 Å². The SMILES string of the molecule is CCOC(=O)N1CCc2c(sc3nc(SC)nc(SC)c23)C1. The van der Waals surface area contributed by atoms with Crippen molar-refractivity contribution >= 4 is 51.2 Å². The van der Waals surface area contributed by atoms with Crippen LogP contribution in [0, 0.1) is 0 Å². The van der Waals surface area contributed by atoms with Gasteiger partial charge in [0, 0.05) is 16.8 Å². The number of carbonyl (C=O) groups is 1. The fraction of sp³-hybridized carbons (Fsp3) is 0.500. The van der Waals surface area contributed by atoms with Gasteiger partial charge in [0.05, 0.1) is 13.2 Å². The second-order valence-corrected chi connectivity index (χ2v) is 7.43. The highest BCUT2D eigenvalue weighted by atomic mass is 32.2. The maximum Gasteiger partial charge on any atom is 0.410 e. The number of hydrogen-bond acceptors (Lipinski definition) is 7. The van der Waals surface area contributed by atoms with Gasteiger partial charge in [0.1, 0.15) is 9.86 Å². The molecular weight excluding hydrogens is 338 g/mol. The van der Waals surface area contributed by atoms with Crippen LogP contribution in [0.4, 0.5) is 4.79 Å². The third-order valence-corrected chi connectivity index (χ3v) is 5.89. The molecule has 5 nitrogen and oxygen atoms in total. The maximum atomic E-state index is 11.9. The molecule has 0 aromatic carbocycles. The van der Waals surface area contributed by atoms with Crippen LogP contribution in [-0.2, 0) is 17.7 Å². The summed E-state index contributed by atoms with van der Waals surface area (Å²) < 4.78 is 5.11. The van der Waals surface area contributed by atoms with Crippen molar-refractivity contribution in [2.24, 2.45) is 0 Å². The fourth-order valence-corrected chi connectivity index (χ4v) is 4.93. The molecule has 1 aliphatic rings. The van der Waals surface area contributed by atoms with Crippen molar-refractivity contribution in [2.45, 2.75) is 30.1 Å². The molecule has 0 aliphatic carbocycles. The molecule has 2 aromatic rings. The first kappa shape index (κ1) is 15.9. The first-order valence-corrected chi connectivity index (χ1v) is 10.3. The Morgan fingerprint density at radius 2 is 2.18 bits per heavy atom.